The Morgan fingerprint density at radius 2 is 2.24 bits per heavy atom. The zero-order valence-electron chi connectivity index (χ0n) is 11.7. The zero-order valence-corrected chi connectivity index (χ0v) is 11.7. The van der Waals surface area contributed by atoms with Gasteiger partial charge in [-0.3, -0.25) is 4.40 Å². The molecule has 0 spiro atoms. The highest BCUT2D eigenvalue weighted by atomic mass is 16.5. The fourth-order valence-corrected chi connectivity index (χ4v) is 2.53. The number of benzene rings is 1. The molecular formula is C16H15N3O2. The van der Waals surface area contributed by atoms with Gasteiger partial charge in [0.25, 0.3) is 0 Å². The van der Waals surface area contributed by atoms with Crippen LogP contribution in [0.15, 0.2) is 41.5 Å². The van der Waals surface area contributed by atoms with Gasteiger partial charge in [-0.25, -0.2) is 9.89 Å². The Morgan fingerprint density at radius 1 is 1.38 bits per heavy atom. The van der Waals surface area contributed by atoms with Crippen LogP contribution in [0.25, 0.3) is 16.6 Å². The Morgan fingerprint density at radius 3 is 3.00 bits per heavy atom. The van der Waals surface area contributed by atoms with Gasteiger partial charge in [-0.05, 0) is 43.0 Å². The van der Waals surface area contributed by atoms with Crippen molar-refractivity contribution in [3.05, 3.63) is 52.7 Å². The van der Waals surface area contributed by atoms with Gasteiger partial charge in [0.15, 0.2) is 0 Å². The smallest absolute Gasteiger partial charge is 0.346 e. The molecule has 0 radical (unpaired) electrons. The largest absolute Gasteiger partial charge is 0.490 e. The average Bonchev–Trinajstić information content (AvgIpc) is 3.18. The molecule has 1 aromatic carbocycles. The first-order chi connectivity index (χ1) is 10.2. The molecule has 5 heteroatoms. The van der Waals surface area contributed by atoms with E-state index in [9.17, 15) is 4.79 Å². The molecular weight excluding hydrogens is 266 g/mol. The number of nitrogens with zero attached hydrogens (tertiary/aromatic N) is 2. The summed E-state index contributed by atoms with van der Waals surface area (Å²) in [6.45, 7) is 2.05. The van der Waals surface area contributed by atoms with Crippen LogP contribution in [-0.4, -0.2) is 20.7 Å². The van der Waals surface area contributed by atoms with Crippen LogP contribution in [0.5, 0.6) is 5.75 Å². The molecule has 1 saturated carbocycles. The molecule has 4 rings (SSSR count). The lowest BCUT2D eigenvalue weighted by molar-refractivity contribution is 0.301. The number of ether oxygens (including phenoxy) is 1. The van der Waals surface area contributed by atoms with E-state index < -0.39 is 0 Å². The van der Waals surface area contributed by atoms with E-state index in [1.165, 1.54) is 0 Å². The van der Waals surface area contributed by atoms with Crippen LogP contribution in [0.4, 0.5) is 0 Å². The van der Waals surface area contributed by atoms with Crippen LogP contribution in [-0.2, 0) is 0 Å². The summed E-state index contributed by atoms with van der Waals surface area (Å²) in [5.41, 5.74) is 3.72. The van der Waals surface area contributed by atoms with Gasteiger partial charge in [-0.1, -0.05) is 12.1 Å². The molecule has 106 valence electrons. The molecule has 1 aliphatic rings. The molecule has 0 unspecified atom stereocenters. The van der Waals surface area contributed by atoms with Crippen molar-refractivity contribution in [3.63, 3.8) is 0 Å². The third kappa shape index (κ3) is 2.11. The van der Waals surface area contributed by atoms with Crippen LogP contribution in [0.2, 0.25) is 0 Å². The predicted molar refractivity (Wildman–Crippen MR) is 79.6 cm³/mol. The number of aromatic nitrogens is 3. The fourth-order valence-electron chi connectivity index (χ4n) is 2.53. The van der Waals surface area contributed by atoms with Crippen molar-refractivity contribution in [2.75, 3.05) is 0 Å². The quantitative estimate of drug-likeness (QED) is 0.802. The summed E-state index contributed by atoms with van der Waals surface area (Å²) in [5.74, 6) is 0.928. The molecule has 1 N–H and O–H groups in total. The second-order valence-corrected chi connectivity index (χ2v) is 5.44. The van der Waals surface area contributed by atoms with Crippen LogP contribution in [0.1, 0.15) is 18.4 Å². The molecule has 0 bridgehead atoms. The first-order valence-corrected chi connectivity index (χ1v) is 7.05. The predicted octanol–water partition coefficient (Wildman–Crippen LogP) is 2.54. The maximum atomic E-state index is 11.7. The third-order valence-corrected chi connectivity index (χ3v) is 3.84. The van der Waals surface area contributed by atoms with E-state index >= 15 is 0 Å². The Bertz CT molecular complexity index is 875. The van der Waals surface area contributed by atoms with Crippen molar-refractivity contribution in [1.29, 1.82) is 0 Å². The summed E-state index contributed by atoms with van der Waals surface area (Å²) in [6, 6.07) is 8.00. The zero-order chi connectivity index (χ0) is 14.4. The fraction of sp³-hybridized carbons (Fsp3) is 0.250. The lowest BCUT2D eigenvalue weighted by Crippen LogP contribution is -2.15. The second-order valence-electron chi connectivity index (χ2n) is 5.44. The molecule has 5 nitrogen and oxygen atoms in total. The third-order valence-electron chi connectivity index (χ3n) is 3.84. The normalized spacial score (nSPS) is 14.5. The van der Waals surface area contributed by atoms with Crippen molar-refractivity contribution in [2.24, 2.45) is 0 Å². The van der Waals surface area contributed by atoms with Gasteiger partial charge >= 0.3 is 5.69 Å². The summed E-state index contributed by atoms with van der Waals surface area (Å²) in [4.78, 5) is 11.7. The standard InChI is InChI=1S/C16H15N3O2/c1-10-14(3-2-4-15(10)21-13-5-6-13)11-7-12-8-17-18-16(20)19(12)9-11/h2-4,7-9,13H,5-6H2,1H3,(H,18,20). The van der Waals surface area contributed by atoms with Crippen LogP contribution < -0.4 is 10.4 Å². The topological polar surface area (TPSA) is 59.4 Å². The first kappa shape index (κ1) is 12.2. The molecule has 3 aromatic rings. The average molecular weight is 281 g/mol. The van der Waals surface area contributed by atoms with E-state index in [4.69, 9.17) is 4.74 Å². The first-order valence-electron chi connectivity index (χ1n) is 7.05. The summed E-state index contributed by atoms with van der Waals surface area (Å²) < 4.78 is 7.49. The minimum Gasteiger partial charge on any atom is -0.490 e. The number of hydrogen-bond acceptors (Lipinski definition) is 3. The van der Waals surface area contributed by atoms with Gasteiger partial charge in [0.1, 0.15) is 5.75 Å². The number of fused-ring (bicyclic) bond motifs is 1. The van der Waals surface area contributed by atoms with E-state index in [0.29, 0.717) is 6.10 Å². The molecule has 0 saturated heterocycles. The minimum absolute atomic E-state index is 0.234. The highest BCUT2D eigenvalue weighted by molar-refractivity contribution is 5.74. The molecule has 0 atom stereocenters. The van der Waals surface area contributed by atoms with E-state index in [-0.39, 0.29) is 5.69 Å². The number of H-pyrrole nitrogens is 1. The summed E-state index contributed by atoms with van der Waals surface area (Å²) in [5, 5.41) is 6.26. The van der Waals surface area contributed by atoms with E-state index in [1.807, 2.05) is 30.5 Å². The Kier molecular flexibility index (Phi) is 2.60. The van der Waals surface area contributed by atoms with Crippen molar-refractivity contribution >= 4 is 5.52 Å². The van der Waals surface area contributed by atoms with Crippen molar-refractivity contribution in [3.8, 4) is 16.9 Å². The molecule has 0 aliphatic heterocycles. The van der Waals surface area contributed by atoms with E-state index in [2.05, 4.69) is 17.1 Å². The number of rotatable bonds is 3. The van der Waals surface area contributed by atoms with Gasteiger partial charge < -0.3 is 4.74 Å². The molecule has 2 aromatic heterocycles. The highest BCUT2D eigenvalue weighted by Gasteiger charge is 2.24. The molecule has 2 heterocycles. The van der Waals surface area contributed by atoms with Crippen LogP contribution in [0, 0.1) is 6.92 Å². The number of aromatic amines is 1. The van der Waals surface area contributed by atoms with Crippen LogP contribution >= 0.6 is 0 Å². The Balaban J connectivity index is 1.84. The Labute approximate surface area is 121 Å². The number of nitrogens with one attached hydrogen (secondary N) is 1. The lowest BCUT2D eigenvalue weighted by atomic mass is 10.0. The Hall–Kier alpha value is -2.56. The molecule has 1 fully saturated rings. The molecule has 1 aliphatic carbocycles. The summed E-state index contributed by atoms with van der Waals surface area (Å²) in [6.07, 6.45) is 6.13. The van der Waals surface area contributed by atoms with Gasteiger partial charge in [0.05, 0.1) is 17.8 Å². The second kappa shape index (κ2) is 4.48. The minimum atomic E-state index is -0.234. The van der Waals surface area contributed by atoms with Crippen LogP contribution in [0.3, 0.4) is 0 Å². The van der Waals surface area contributed by atoms with Gasteiger partial charge in [0.2, 0.25) is 0 Å². The number of hydrogen-bond donors (Lipinski definition) is 1. The molecule has 0 amide bonds. The van der Waals surface area contributed by atoms with Crippen molar-refractivity contribution in [1.82, 2.24) is 14.6 Å². The van der Waals surface area contributed by atoms with Gasteiger partial charge in [-0.15, -0.1) is 0 Å². The molecule has 21 heavy (non-hydrogen) atoms. The van der Waals surface area contributed by atoms with Crippen molar-refractivity contribution in [2.45, 2.75) is 25.9 Å². The monoisotopic (exact) mass is 281 g/mol. The summed E-state index contributed by atoms with van der Waals surface area (Å²) >= 11 is 0. The van der Waals surface area contributed by atoms with E-state index in [0.717, 1.165) is 40.8 Å². The lowest BCUT2D eigenvalue weighted by Gasteiger charge is -2.11. The highest BCUT2D eigenvalue weighted by Crippen LogP contribution is 2.34. The summed E-state index contributed by atoms with van der Waals surface area (Å²) in [7, 11) is 0. The maximum absolute atomic E-state index is 11.7. The van der Waals surface area contributed by atoms with Gasteiger partial charge in [-0.2, -0.15) is 5.10 Å². The van der Waals surface area contributed by atoms with E-state index in [1.54, 1.807) is 10.6 Å². The van der Waals surface area contributed by atoms with Gasteiger partial charge in [0, 0.05) is 11.8 Å². The SMILES string of the molecule is Cc1c(OC2CC2)cccc1-c1cc2cn[nH]c(=O)n2c1. The van der Waals surface area contributed by atoms with Crippen molar-refractivity contribution < 1.29 is 4.74 Å². The maximum Gasteiger partial charge on any atom is 0.346 e.